The maximum absolute atomic E-state index is 13.3. The Kier molecular flexibility index (Phi) is 4.64. The van der Waals surface area contributed by atoms with Gasteiger partial charge in [0.1, 0.15) is 0 Å². The second-order valence-corrected chi connectivity index (χ2v) is 7.40. The molecule has 0 aliphatic rings. The number of fused-ring (bicyclic) bond motifs is 3. The standard InChI is InChI=1S/C20H19N5O2S/c1-12-7-6-10-15(13(12)2)24-18(27)14-8-4-5-9-16(14)25-19(24)22-23-20(25)28-11-17(26)21-3/h4-10H,11H2,1-3H3,(H,21,26). The molecule has 0 fully saturated rings. The molecule has 8 heteroatoms. The quantitative estimate of drug-likeness (QED) is 0.539. The largest absolute Gasteiger partial charge is 0.358 e. The summed E-state index contributed by atoms with van der Waals surface area (Å²) in [5.41, 5.74) is 3.44. The number of rotatable bonds is 4. The lowest BCUT2D eigenvalue weighted by Gasteiger charge is -2.14. The molecule has 0 bridgehead atoms. The van der Waals surface area contributed by atoms with E-state index in [1.165, 1.54) is 11.8 Å². The number of thioether (sulfide) groups is 1. The summed E-state index contributed by atoms with van der Waals surface area (Å²) in [6, 6.07) is 13.2. The van der Waals surface area contributed by atoms with Crippen molar-refractivity contribution in [2.75, 3.05) is 12.8 Å². The van der Waals surface area contributed by atoms with Gasteiger partial charge >= 0.3 is 0 Å². The molecule has 1 N–H and O–H groups in total. The van der Waals surface area contributed by atoms with Crippen molar-refractivity contribution in [1.82, 2.24) is 24.5 Å². The minimum atomic E-state index is -0.146. The van der Waals surface area contributed by atoms with Crippen LogP contribution in [-0.4, -0.2) is 37.9 Å². The maximum atomic E-state index is 13.3. The first-order chi connectivity index (χ1) is 13.5. The van der Waals surface area contributed by atoms with Gasteiger partial charge in [0.05, 0.1) is 22.3 Å². The van der Waals surface area contributed by atoms with Crippen molar-refractivity contribution in [3.63, 3.8) is 0 Å². The minimum absolute atomic E-state index is 0.103. The molecule has 0 atom stereocenters. The summed E-state index contributed by atoms with van der Waals surface area (Å²) in [4.78, 5) is 25.0. The zero-order chi connectivity index (χ0) is 19.8. The van der Waals surface area contributed by atoms with Crippen molar-refractivity contribution >= 4 is 34.3 Å². The molecule has 0 unspecified atom stereocenters. The number of benzene rings is 2. The molecule has 0 radical (unpaired) electrons. The fourth-order valence-corrected chi connectivity index (χ4v) is 3.98. The van der Waals surface area contributed by atoms with Crippen LogP contribution >= 0.6 is 11.8 Å². The topological polar surface area (TPSA) is 81.3 Å². The first-order valence-corrected chi connectivity index (χ1v) is 9.80. The third-order valence-electron chi connectivity index (χ3n) is 4.82. The lowest BCUT2D eigenvalue weighted by atomic mass is 10.1. The number of nitrogens with one attached hydrogen (secondary N) is 1. The van der Waals surface area contributed by atoms with E-state index < -0.39 is 0 Å². The summed E-state index contributed by atoms with van der Waals surface area (Å²) in [6.07, 6.45) is 0. The Bertz CT molecular complexity index is 1280. The van der Waals surface area contributed by atoms with Gasteiger partial charge in [-0.1, -0.05) is 36.0 Å². The van der Waals surface area contributed by atoms with Gasteiger partial charge in [-0.3, -0.25) is 14.0 Å². The van der Waals surface area contributed by atoms with Gasteiger partial charge in [-0.25, -0.2) is 4.57 Å². The Labute approximate surface area is 165 Å². The molecule has 7 nitrogen and oxygen atoms in total. The van der Waals surface area contributed by atoms with Gasteiger partial charge in [0.15, 0.2) is 5.16 Å². The Hall–Kier alpha value is -3.13. The predicted molar refractivity (Wildman–Crippen MR) is 110 cm³/mol. The molecule has 1 amide bonds. The predicted octanol–water partition coefficient (Wildman–Crippen LogP) is 2.49. The van der Waals surface area contributed by atoms with Crippen molar-refractivity contribution in [2.45, 2.75) is 19.0 Å². The second-order valence-electron chi connectivity index (χ2n) is 6.46. The number of para-hydroxylation sites is 1. The molecule has 4 rings (SSSR count). The normalized spacial score (nSPS) is 11.2. The third-order valence-corrected chi connectivity index (χ3v) is 5.75. The number of amides is 1. The molecule has 0 saturated carbocycles. The smallest absolute Gasteiger partial charge is 0.267 e. The average Bonchev–Trinajstić information content (AvgIpc) is 3.13. The molecule has 2 aromatic carbocycles. The van der Waals surface area contributed by atoms with E-state index in [0.717, 1.165) is 16.8 Å². The molecular weight excluding hydrogens is 374 g/mol. The van der Waals surface area contributed by atoms with Gasteiger partial charge in [0.2, 0.25) is 11.7 Å². The SMILES string of the molecule is CNC(=O)CSc1nnc2n(-c3cccc(C)c3C)c(=O)c3ccccc3n12. The highest BCUT2D eigenvalue weighted by molar-refractivity contribution is 7.99. The third kappa shape index (κ3) is 2.86. The van der Waals surface area contributed by atoms with Crippen molar-refractivity contribution in [3.05, 3.63) is 63.9 Å². The van der Waals surface area contributed by atoms with Crippen LogP contribution in [0.15, 0.2) is 52.4 Å². The number of aryl methyl sites for hydroxylation is 1. The molecule has 2 heterocycles. The van der Waals surface area contributed by atoms with Gasteiger partial charge in [0, 0.05) is 7.05 Å². The number of carbonyl (C=O) groups is 1. The van der Waals surface area contributed by atoms with Crippen molar-refractivity contribution in [3.8, 4) is 5.69 Å². The molecule has 0 saturated heterocycles. The van der Waals surface area contributed by atoms with Crippen LogP contribution < -0.4 is 10.9 Å². The number of carbonyl (C=O) groups excluding carboxylic acids is 1. The lowest BCUT2D eigenvalue weighted by Crippen LogP contribution is -2.23. The number of hydrogen-bond donors (Lipinski definition) is 1. The molecule has 0 aliphatic carbocycles. The van der Waals surface area contributed by atoms with Gasteiger partial charge in [-0.15, -0.1) is 10.2 Å². The van der Waals surface area contributed by atoms with E-state index in [2.05, 4.69) is 15.5 Å². The van der Waals surface area contributed by atoms with Crippen LogP contribution in [0, 0.1) is 13.8 Å². The Morgan fingerprint density at radius 1 is 1.11 bits per heavy atom. The highest BCUT2D eigenvalue weighted by Crippen LogP contribution is 2.24. The van der Waals surface area contributed by atoms with Crippen molar-refractivity contribution in [1.29, 1.82) is 0 Å². The van der Waals surface area contributed by atoms with Crippen LogP contribution in [0.5, 0.6) is 0 Å². The van der Waals surface area contributed by atoms with Crippen LogP contribution in [0.2, 0.25) is 0 Å². The second kappa shape index (κ2) is 7.12. The molecule has 0 aliphatic heterocycles. The molecular formula is C20H19N5O2S. The fourth-order valence-electron chi connectivity index (χ4n) is 3.17. The van der Waals surface area contributed by atoms with E-state index in [1.807, 2.05) is 54.6 Å². The van der Waals surface area contributed by atoms with E-state index in [1.54, 1.807) is 17.7 Å². The molecule has 4 aromatic rings. The van der Waals surface area contributed by atoms with Gasteiger partial charge in [-0.05, 0) is 43.2 Å². The Morgan fingerprint density at radius 2 is 1.89 bits per heavy atom. The summed E-state index contributed by atoms with van der Waals surface area (Å²) in [7, 11) is 1.60. The lowest BCUT2D eigenvalue weighted by molar-refractivity contribution is -0.118. The van der Waals surface area contributed by atoms with Crippen LogP contribution in [0.1, 0.15) is 11.1 Å². The van der Waals surface area contributed by atoms with Crippen molar-refractivity contribution < 1.29 is 4.79 Å². The summed E-state index contributed by atoms with van der Waals surface area (Å²) >= 11 is 1.28. The monoisotopic (exact) mass is 393 g/mol. The van der Waals surface area contributed by atoms with Crippen LogP contribution in [0.3, 0.4) is 0 Å². The van der Waals surface area contributed by atoms with Crippen LogP contribution in [0.25, 0.3) is 22.4 Å². The summed E-state index contributed by atoms with van der Waals surface area (Å²) in [5.74, 6) is 0.541. The summed E-state index contributed by atoms with van der Waals surface area (Å²) in [6.45, 7) is 4.00. The first-order valence-electron chi connectivity index (χ1n) is 8.81. The van der Waals surface area contributed by atoms with Crippen LogP contribution in [-0.2, 0) is 4.79 Å². The zero-order valence-corrected chi connectivity index (χ0v) is 16.6. The Balaban J connectivity index is 2.06. The number of hydrogen-bond acceptors (Lipinski definition) is 5. The fraction of sp³-hybridized carbons (Fsp3) is 0.200. The minimum Gasteiger partial charge on any atom is -0.358 e. The van der Waals surface area contributed by atoms with Gasteiger partial charge in [-0.2, -0.15) is 0 Å². The summed E-state index contributed by atoms with van der Waals surface area (Å²) in [5, 5.41) is 12.3. The number of aromatic nitrogens is 4. The zero-order valence-electron chi connectivity index (χ0n) is 15.8. The van der Waals surface area contributed by atoms with E-state index in [9.17, 15) is 9.59 Å². The molecule has 2 aromatic heterocycles. The maximum Gasteiger partial charge on any atom is 0.267 e. The van der Waals surface area contributed by atoms with Crippen LogP contribution in [0.4, 0.5) is 0 Å². The summed E-state index contributed by atoms with van der Waals surface area (Å²) < 4.78 is 3.44. The van der Waals surface area contributed by atoms with E-state index in [0.29, 0.717) is 21.8 Å². The highest BCUT2D eigenvalue weighted by atomic mass is 32.2. The van der Waals surface area contributed by atoms with E-state index in [4.69, 9.17) is 0 Å². The Morgan fingerprint density at radius 3 is 2.68 bits per heavy atom. The number of nitrogens with zero attached hydrogens (tertiary/aromatic N) is 4. The molecule has 142 valence electrons. The first kappa shape index (κ1) is 18.2. The van der Waals surface area contributed by atoms with Gasteiger partial charge in [0.25, 0.3) is 5.56 Å². The average molecular weight is 393 g/mol. The molecule has 0 spiro atoms. The van der Waals surface area contributed by atoms with Gasteiger partial charge < -0.3 is 5.32 Å². The van der Waals surface area contributed by atoms with E-state index in [-0.39, 0.29) is 17.2 Å². The molecule has 28 heavy (non-hydrogen) atoms. The van der Waals surface area contributed by atoms with Crippen molar-refractivity contribution in [2.24, 2.45) is 0 Å². The van der Waals surface area contributed by atoms with E-state index >= 15 is 0 Å². The highest BCUT2D eigenvalue weighted by Gasteiger charge is 2.19.